The highest BCUT2D eigenvalue weighted by Crippen LogP contribution is 2.25. The summed E-state index contributed by atoms with van der Waals surface area (Å²) in [6.45, 7) is 0.514. The summed E-state index contributed by atoms with van der Waals surface area (Å²) in [5.41, 5.74) is 0.929. The fraction of sp³-hybridized carbons (Fsp3) is 0.500. The number of alkyl halides is 3. The molecule has 9 heteroatoms. The Morgan fingerprint density at radius 2 is 2.04 bits per heavy atom. The van der Waals surface area contributed by atoms with Gasteiger partial charge in [-0.05, 0) is 30.5 Å². The van der Waals surface area contributed by atoms with E-state index in [0.29, 0.717) is 18.9 Å². The molecule has 0 spiro atoms. The average Bonchev–Trinajstić information content (AvgIpc) is 3.25. The number of hydrogen-bond donors (Lipinski definition) is 2. The molecule has 0 amide bonds. The van der Waals surface area contributed by atoms with Crippen LogP contribution in [-0.2, 0) is 17.8 Å². The van der Waals surface area contributed by atoms with E-state index in [1.54, 1.807) is 12.1 Å². The molecule has 6 nitrogen and oxygen atoms in total. The van der Waals surface area contributed by atoms with E-state index in [0.717, 1.165) is 30.8 Å². The molecule has 3 rings (SSSR count). The number of rotatable bonds is 7. The fourth-order valence-corrected chi connectivity index (χ4v) is 2.51. The quantitative estimate of drug-likeness (QED) is 0.798. The summed E-state index contributed by atoms with van der Waals surface area (Å²) in [5.74, 6) is 1.59. The van der Waals surface area contributed by atoms with Crippen LogP contribution in [0.3, 0.4) is 0 Å². The topological polar surface area (TPSA) is 72.1 Å². The standard InChI is InChI=1S/C16H19F3N4O2/c17-16(18,19)10-25-12-5-3-11(4-6-12)8-20-9-14-21-15(23-22-14)13-2-1-7-24-13/h3-6,13,20H,1-2,7-10H2,(H,21,22,23). The molecule has 0 radical (unpaired) electrons. The van der Waals surface area contributed by atoms with Crippen molar-refractivity contribution in [2.75, 3.05) is 13.2 Å². The van der Waals surface area contributed by atoms with E-state index in [9.17, 15) is 13.2 Å². The molecule has 25 heavy (non-hydrogen) atoms. The third-order valence-corrected chi connectivity index (χ3v) is 3.71. The molecule has 1 saturated heterocycles. The number of H-pyrrole nitrogens is 1. The van der Waals surface area contributed by atoms with Gasteiger partial charge in [0.15, 0.2) is 12.4 Å². The number of benzene rings is 1. The third kappa shape index (κ3) is 5.43. The maximum Gasteiger partial charge on any atom is 0.422 e. The van der Waals surface area contributed by atoms with E-state index in [-0.39, 0.29) is 11.9 Å². The first-order chi connectivity index (χ1) is 12.0. The Hall–Kier alpha value is -2.13. The lowest BCUT2D eigenvalue weighted by Crippen LogP contribution is -2.19. The van der Waals surface area contributed by atoms with Gasteiger partial charge in [-0.3, -0.25) is 5.10 Å². The van der Waals surface area contributed by atoms with E-state index in [1.165, 1.54) is 12.1 Å². The molecule has 2 aromatic rings. The van der Waals surface area contributed by atoms with Crippen molar-refractivity contribution in [3.63, 3.8) is 0 Å². The summed E-state index contributed by atoms with van der Waals surface area (Å²) in [7, 11) is 0. The van der Waals surface area contributed by atoms with Crippen LogP contribution in [0.2, 0.25) is 0 Å². The Balaban J connectivity index is 1.42. The molecule has 1 fully saturated rings. The molecular formula is C16H19F3N4O2. The smallest absolute Gasteiger partial charge is 0.422 e. The van der Waals surface area contributed by atoms with Gasteiger partial charge < -0.3 is 14.8 Å². The molecule has 1 aromatic heterocycles. The van der Waals surface area contributed by atoms with Gasteiger partial charge in [0.05, 0.1) is 6.54 Å². The molecule has 1 aliphatic heterocycles. The van der Waals surface area contributed by atoms with Crippen molar-refractivity contribution in [2.45, 2.75) is 38.2 Å². The van der Waals surface area contributed by atoms with Crippen molar-refractivity contribution >= 4 is 0 Å². The minimum atomic E-state index is -4.33. The van der Waals surface area contributed by atoms with Crippen molar-refractivity contribution in [3.8, 4) is 5.75 Å². The highest BCUT2D eigenvalue weighted by atomic mass is 19.4. The van der Waals surface area contributed by atoms with Crippen LogP contribution in [0, 0.1) is 0 Å². The van der Waals surface area contributed by atoms with Gasteiger partial charge in [0, 0.05) is 13.2 Å². The predicted molar refractivity (Wildman–Crippen MR) is 82.8 cm³/mol. The summed E-state index contributed by atoms with van der Waals surface area (Å²) >= 11 is 0. The van der Waals surface area contributed by atoms with Crippen LogP contribution < -0.4 is 10.1 Å². The molecule has 1 aliphatic rings. The molecule has 1 atom stereocenters. The predicted octanol–water partition coefficient (Wildman–Crippen LogP) is 2.89. The molecular weight excluding hydrogens is 337 g/mol. The van der Waals surface area contributed by atoms with E-state index in [1.807, 2.05) is 0 Å². The van der Waals surface area contributed by atoms with Gasteiger partial charge in [0.2, 0.25) is 0 Å². The molecule has 2 N–H and O–H groups in total. The Morgan fingerprint density at radius 1 is 1.24 bits per heavy atom. The molecule has 1 unspecified atom stereocenters. The number of aromatic amines is 1. The van der Waals surface area contributed by atoms with E-state index in [4.69, 9.17) is 4.74 Å². The van der Waals surface area contributed by atoms with Crippen LogP contribution in [0.25, 0.3) is 0 Å². The van der Waals surface area contributed by atoms with Crippen molar-refractivity contribution in [2.24, 2.45) is 0 Å². The van der Waals surface area contributed by atoms with Crippen molar-refractivity contribution in [3.05, 3.63) is 41.5 Å². The maximum absolute atomic E-state index is 12.1. The molecule has 136 valence electrons. The first-order valence-electron chi connectivity index (χ1n) is 8.01. The van der Waals surface area contributed by atoms with Gasteiger partial charge in [-0.2, -0.15) is 18.3 Å². The number of hydrogen-bond acceptors (Lipinski definition) is 5. The van der Waals surface area contributed by atoms with Gasteiger partial charge in [0.1, 0.15) is 17.7 Å². The summed E-state index contributed by atoms with van der Waals surface area (Å²) in [4.78, 5) is 4.40. The van der Waals surface area contributed by atoms with Crippen LogP contribution in [0.5, 0.6) is 5.75 Å². The summed E-state index contributed by atoms with van der Waals surface area (Å²) in [6.07, 6.45) is -2.39. The molecule has 0 saturated carbocycles. The second kappa shape index (κ2) is 7.83. The first-order valence-corrected chi connectivity index (χ1v) is 8.01. The Labute approximate surface area is 142 Å². The van der Waals surface area contributed by atoms with Crippen LogP contribution in [0.15, 0.2) is 24.3 Å². The van der Waals surface area contributed by atoms with Gasteiger partial charge in [0.25, 0.3) is 0 Å². The molecule has 0 aliphatic carbocycles. The van der Waals surface area contributed by atoms with Crippen LogP contribution in [0.4, 0.5) is 13.2 Å². The number of aromatic nitrogens is 3. The number of nitrogens with zero attached hydrogens (tertiary/aromatic N) is 2. The number of nitrogens with one attached hydrogen (secondary N) is 2. The van der Waals surface area contributed by atoms with Crippen molar-refractivity contribution < 1.29 is 22.6 Å². The second-order valence-electron chi connectivity index (χ2n) is 5.79. The number of halogens is 3. The van der Waals surface area contributed by atoms with Crippen molar-refractivity contribution in [1.82, 2.24) is 20.5 Å². The van der Waals surface area contributed by atoms with Crippen LogP contribution in [-0.4, -0.2) is 34.6 Å². The fourth-order valence-electron chi connectivity index (χ4n) is 2.51. The molecule has 1 aromatic carbocycles. The van der Waals surface area contributed by atoms with E-state index >= 15 is 0 Å². The Kier molecular flexibility index (Phi) is 5.54. The van der Waals surface area contributed by atoms with Gasteiger partial charge in [-0.15, -0.1) is 0 Å². The molecule has 2 heterocycles. The minimum absolute atomic E-state index is 0.0192. The van der Waals surface area contributed by atoms with Gasteiger partial charge >= 0.3 is 6.18 Å². The van der Waals surface area contributed by atoms with Crippen LogP contribution >= 0.6 is 0 Å². The average molecular weight is 356 g/mol. The zero-order chi connectivity index (χ0) is 17.7. The van der Waals surface area contributed by atoms with Gasteiger partial charge in [-0.1, -0.05) is 12.1 Å². The lowest BCUT2D eigenvalue weighted by Gasteiger charge is -2.09. The first kappa shape index (κ1) is 17.7. The van der Waals surface area contributed by atoms with Crippen LogP contribution in [0.1, 0.15) is 36.2 Å². The normalized spacial score (nSPS) is 17.8. The van der Waals surface area contributed by atoms with Gasteiger partial charge in [-0.25, -0.2) is 4.98 Å². The number of ether oxygens (including phenoxy) is 2. The maximum atomic E-state index is 12.1. The summed E-state index contributed by atoms with van der Waals surface area (Å²) < 4.78 is 46.5. The zero-order valence-electron chi connectivity index (χ0n) is 13.5. The van der Waals surface area contributed by atoms with E-state index in [2.05, 4.69) is 25.2 Å². The van der Waals surface area contributed by atoms with Crippen molar-refractivity contribution in [1.29, 1.82) is 0 Å². The monoisotopic (exact) mass is 356 g/mol. The van der Waals surface area contributed by atoms with E-state index < -0.39 is 12.8 Å². The Morgan fingerprint density at radius 3 is 2.72 bits per heavy atom. The lowest BCUT2D eigenvalue weighted by molar-refractivity contribution is -0.153. The largest absolute Gasteiger partial charge is 0.484 e. The summed E-state index contributed by atoms with van der Waals surface area (Å²) in [6, 6.07) is 6.48. The SMILES string of the molecule is FC(F)(F)COc1ccc(CNCc2nc(C3CCCO3)n[nH]2)cc1. The highest BCUT2D eigenvalue weighted by Gasteiger charge is 2.28. The highest BCUT2D eigenvalue weighted by molar-refractivity contribution is 5.27. The molecule has 0 bridgehead atoms. The second-order valence-corrected chi connectivity index (χ2v) is 5.79. The zero-order valence-corrected chi connectivity index (χ0v) is 13.5. The summed E-state index contributed by atoms with van der Waals surface area (Å²) in [5, 5.41) is 10.2. The third-order valence-electron chi connectivity index (χ3n) is 3.71. The Bertz CT molecular complexity index is 667. The lowest BCUT2D eigenvalue weighted by atomic mass is 10.2. The minimum Gasteiger partial charge on any atom is -0.484 e.